The zero-order valence-corrected chi connectivity index (χ0v) is 17.3. The summed E-state index contributed by atoms with van der Waals surface area (Å²) < 4.78 is 14.3. The molecule has 31 heavy (non-hydrogen) atoms. The Morgan fingerprint density at radius 3 is 2.61 bits per heavy atom. The second-order valence-corrected chi connectivity index (χ2v) is 7.64. The predicted octanol–water partition coefficient (Wildman–Crippen LogP) is 4.29. The molecule has 0 bridgehead atoms. The maximum absolute atomic E-state index is 14.3. The van der Waals surface area contributed by atoms with Gasteiger partial charge in [0, 0.05) is 11.6 Å². The van der Waals surface area contributed by atoms with E-state index >= 15 is 0 Å². The molecule has 0 N–H and O–H groups in total. The van der Waals surface area contributed by atoms with Crippen LogP contribution >= 0.6 is 11.6 Å². The zero-order valence-electron chi connectivity index (χ0n) is 16.5. The number of hydrogen-bond donors (Lipinski definition) is 0. The van der Waals surface area contributed by atoms with E-state index in [1.807, 2.05) is 12.1 Å². The van der Waals surface area contributed by atoms with Crippen LogP contribution in [0.4, 0.5) is 4.39 Å². The second-order valence-electron chi connectivity index (χ2n) is 7.21. The number of nitrogens with zero attached hydrogens (tertiary/aromatic N) is 3. The largest absolute Gasteiger partial charge is 0.331 e. The van der Waals surface area contributed by atoms with Crippen molar-refractivity contribution in [3.63, 3.8) is 0 Å². The molecule has 1 unspecified atom stereocenters. The number of benzene rings is 2. The number of halogens is 2. The second kappa shape index (κ2) is 9.18. The predicted molar refractivity (Wildman–Crippen MR) is 119 cm³/mol. The van der Waals surface area contributed by atoms with E-state index in [4.69, 9.17) is 11.6 Å². The van der Waals surface area contributed by atoms with E-state index in [1.54, 1.807) is 42.5 Å². The number of allylic oxidation sites excluding steroid dienone is 3. The molecule has 156 valence electrons. The molecule has 1 aliphatic heterocycles. The van der Waals surface area contributed by atoms with Crippen molar-refractivity contribution in [2.75, 3.05) is 13.1 Å². The quantitative estimate of drug-likeness (QED) is 0.679. The van der Waals surface area contributed by atoms with Crippen LogP contribution in [0.1, 0.15) is 15.9 Å². The number of rotatable bonds is 6. The SMILES string of the molecule is O=C1N=C(CN(CCc2ccc(Cl)cc2)C(=O)c2ccccc2F)N=C2C=CC=CC12. The first kappa shape index (κ1) is 20.9. The molecule has 2 aliphatic rings. The number of carbonyl (C=O) groups is 2. The molecule has 0 aromatic heterocycles. The monoisotopic (exact) mass is 435 g/mol. The Labute approximate surface area is 184 Å². The van der Waals surface area contributed by atoms with E-state index in [0.717, 1.165) is 5.56 Å². The number of amides is 2. The third-order valence-electron chi connectivity index (χ3n) is 5.07. The van der Waals surface area contributed by atoms with Crippen molar-refractivity contribution >= 4 is 35.0 Å². The summed E-state index contributed by atoms with van der Waals surface area (Å²) in [5.41, 5.74) is 1.53. The van der Waals surface area contributed by atoms with Crippen molar-refractivity contribution in [3.05, 3.63) is 94.8 Å². The van der Waals surface area contributed by atoms with Crippen LogP contribution in [0.15, 0.2) is 82.8 Å². The van der Waals surface area contributed by atoms with Crippen molar-refractivity contribution in [2.45, 2.75) is 6.42 Å². The molecule has 0 saturated carbocycles. The van der Waals surface area contributed by atoms with E-state index in [9.17, 15) is 14.0 Å². The lowest BCUT2D eigenvalue weighted by molar-refractivity contribution is -0.118. The highest BCUT2D eigenvalue weighted by Crippen LogP contribution is 2.18. The van der Waals surface area contributed by atoms with Crippen LogP contribution < -0.4 is 0 Å². The molecule has 2 amide bonds. The molecule has 1 aliphatic carbocycles. The minimum absolute atomic E-state index is 0.000269. The topological polar surface area (TPSA) is 62.1 Å². The van der Waals surface area contributed by atoms with Gasteiger partial charge in [0.1, 0.15) is 11.7 Å². The fourth-order valence-corrected chi connectivity index (χ4v) is 3.56. The lowest BCUT2D eigenvalue weighted by atomic mass is 9.96. The number of fused-ring (bicyclic) bond motifs is 1. The van der Waals surface area contributed by atoms with E-state index in [2.05, 4.69) is 9.98 Å². The van der Waals surface area contributed by atoms with E-state index < -0.39 is 17.6 Å². The third-order valence-corrected chi connectivity index (χ3v) is 5.32. The maximum Gasteiger partial charge on any atom is 0.260 e. The first-order chi connectivity index (χ1) is 15.0. The highest BCUT2D eigenvalue weighted by Gasteiger charge is 2.28. The molecular formula is C24H19ClFN3O2. The van der Waals surface area contributed by atoms with Gasteiger partial charge in [-0.05, 0) is 42.3 Å². The van der Waals surface area contributed by atoms with Crippen LogP contribution in [0.25, 0.3) is 0 Å². The van der Waals surface area contributed by atoms with Gasteiger partial charge < -0.3 is 4.90 Å². The highest BCUT2D eigenvalue weighted by molar-refractivity contribution is 6.30. The van der Waals surface area contributed by atoms with E-state index in [1.165, 1.54) is 23.1 Å². The minimum Gasteiger partial charge on any atom is -0.331 e. The Kier molecular flexibility index (Phi) is 6.18. The average Bonchev–Trinajstić information content (AvgIpc) is 2.78. The summed E-state index contributed by atoms with van der Waals surface area (Å²) in [5.74, 6) is -1.66. The van der Waals surface area contributed by atoms with Gasteiger partial charge in [-0.1, -0.05) is 54.1 Å². The molecule has 0 saturated heterocycles. The number of hydrogen-bond acceptors (Lipinski definition) is 3. The molecule has 0 fully saturated rings. The minimum atomic E-state index is -0.600. The van der Waals surface area contributed by atoms with Crippen molar-refractivity contribution < 1.29 is 14.0 Å². The number of amidine groups is 1. The fraction of sp³-hybridized carbons (Fsp3) is 0.167. The Morgan fingerprint density at radius 1 is 1.06 bits per heavy atom. The first-order valence-electron chi connectivity index (χ1n) is 9.84. The van der Waals surface area contributed by atoms with Crippen LogP contribution in [-0.4, -0.2) is 41.4 Å². The number of carbonyl (C=O) groups excluding carboxylic acids is 2. The summed E-state index contributed by atoms with van der Waals surface area (Å²) in [6.45, 7) is 0.298. The molecule has 0 radical (unpaired) electrons. The highest BCUT2D eigenvalue weighted by atomic mass is 35.5. The van der Waals surface area contributed by atoms with Gasteiger partial charge in [-0.3, -0.25) is 9.59 Å². The third kappa shape index (κ3) is 4.86. The molecule has 2 aromatic carbocycles. The zero-order chi connectivity index (χ0) is 21.8. The van der Waals surface area contributed by atoms with Gasteiger partial charge in [0.15, 0.2) is 5.84 Å². The van der Waals surface area contributed by atoms with E-state index in [-0.39, 0.29) is 23.9 Å². The Morgan fingerprint density at radius 2 is 1.84 bits per heavy atom. The van der Waals surface area contributed by atoms with Crippen LogP contribution in [0.3, 0.4) is 0 Å². The van der Waals surface area contributed by atoms with Crippen LogP contribution in [-0.2, 0) is 11.2 Å². The van der Waals surface area contributed by atoms with E-state index in [0.29, 0.717) is 23.7 Å². The lowest BCUT2D eigenvalue weighted by Crippen LogP contribution is -2.39. The van der Waals surface area contributed by atoms with Crippen LogP contribution in [0.2, 0.25) is 5.02 Å². The Bertz CT molecular complexity index is 1140. The fourth-order valence-electron chi connectivity index (χ4n) is 3.43. The summed E-state index contributed by atoms with van der Waals surface area (Å²) in [6, 6.07) is 13.1. The smallest absolute Gasteiger partial charge is 0.260 e. The lowest BCUT2D eigenvalue weighted by Gasteiger charge is -2.25. The van der Waals surface area contributed by atoms with Gasteiger partial charge in [0.2, 0.25) is 0 Å². The average molecular weight is 436 g/mol. The number of aliphatic imine (C=N–C) groups is 2. The van der Waals surface area contributed by atoms with Crippen LogP contribution in [0.5, 0.6) is 0 Å². The molecule has 2 aromatic rings. The maximum atomic E-state index is 14.3. The summed E-state index contributed by atoms with van der Waals surface area (Å²) in [7, 11) is 0. The van der Waals surface area contributed by atoms with Crippen molar-refractivity contribution in [1.29, 1.82) is 0 Å². The molecule has 0 spiro atoms. The molecule has 4 rings (SSSR count). The van der Waals surface area contributed by atoms with Gasteiger partial charge in [0.25, 0.3) is 11.8 Å². The summed E-state index contributed by atoms with van der Waals surface area (Å²) in [4.78, 5) is 35.5. The Balaban J connectivity index is 1.58. The van der Waals surface area contributed by atoms with Crippen molar-refractivity contribution in [3.8, 4) is 0 Å². The Hall–Kier alpha value is -3.38. The standard InChI is InChI=1S/C24H19ClFN3O2/c25-17-11-9-16(10-12-17)13-14-29(24(31)18-5-1-3-7-20(18)26)15-22-27-21-8-4-2-6-19(21)23(30)28-22/h1-12,19H,13-15H2. The van der Waals surface area contributed by atoms with Crippen LogP contribution in [0, 0.1) is 11.7 Å². The summed E-state index contributed by atoms with van der Waals surface area (Å²) in [5, 5.41) is 0.623. The van der Waals surface area contributed by atoms with Gasteiger partial charge >= 0.3 is 0 Å². The van der Waals surface area contributed by atoms with Crippen molar-refractivity contribution in [1.82, 2.24) is 4.90 Å². The molecule has 5 nitrogen and oxygen atoms in total. The first-order valence-corrected chi connectivity index (χ1v) is 10.2. The van der Waals surface area contributed by atoms with Gasteiger partial charge in [-0.15, -0.1) is 0 Å². The summed E-state index contributed by atoms with van der Waals surface area (Å²) in [6.07, 6.45) is 7.61. The normalized spacial score (nSPS) is 17.1. The van der Waals surface area contributed by atoms with Gasteiger partial charge in [0.05, 0.1) is 17.8 Å². The molecule has 1 atom stereocenters. The van der Waals surface area contributed by atoms with Gasteiger partial charge in [-0.25, -0.2) is 9.38 Å². The molecule has 7 heteroatoms. The van der Waals surface area contributed by atoms with Gasteiger partial charge in [-0.2, -0.15) is 4.99 Å². The molecular weight excluding hydrogens is 417 g/mol. The summed E-state index contributed by atoms with van der Waals surface area (Å²) >= 11 is 5.94. The molecule has 1 heterocycles. The van der Waals surface area contributed by atoms with Crippen molar-refractivity contribution in [2.24, 2.45) is 15.9 Å².